The zero-order valence-corrected chi connectivity index (χ0v) is 9.39. The second kappa shape index (κ2) is 4.51. The van der Waals surface area contributed by atoms with Crippen LogP contribution in [-0.4, -0.2) is 17.3 Å². The van der Waals surface area contributed by atoms with Crippen LogP contribution in [0.2, 0.25) is 0 Å². The van der Waals surface area contributed by atoms with Crippen molar-refractivity contribution in [3.63, 3.8) is 0 Å². The van der Waals surface area contributed by atoms with Gasteiger partial charge in [0.25, 0.3) is 0 Å². The molecule has 14 heavy (non-hydrogen) atoms. The van der Waals surface area contributed by atoms with Crippen LogP contribution >= 0.6 is 11.8 Å². The lowest BCUT2D eigenvalue weighted by atomic mass is 10.00. The summed E-state index contributed by atoms with van der Waals surface area (Å²) in [5, 5.41) is 8.85. The van der Waals surface area contributed by atoms with Crippen LogP contribution in [-0.2, 0) is 4.79 Å². The first kappa shape index (κ1) is 11.1. The number of hydrogen-bond acceptors (Lipinski definition) is 2. The van der Waals surface area contributed by atoms with Gasteiger partial charge in [0, 0.05) is 4.90 Å². The van der Waals surface area contributed by atoms with E-state index in [1.54, 1.807) is 18.7 Å². The Labute approximate surface area is 88.3 Å². The summed E-state index contributed by atoms with van der Waals surface area (Å²) >= 11 is 1.68. The third-order valence-corrected chi connectivity index (χ3v) is 3.19. The van der Waals surface area contributed by atoms with E-state index in [4.69, 9.17) is 5.11 Å². The third kappa shape index (κ3) is 2.29. The molecule has 0 aliphatic carbocycles. The van der Waals surface area contributed by atoms with E-state index in [0.29, 0.717) is 0 Å². The van der Waals surface area contributed by atoms with Crippen molar-refractivity contribution in [1.82, 2.24) is 0 Å². The summed E-state index contributed by atoms with van der Waals surface area (Å²) in [4.78, 5) is 12.0. The zero-order chi connectivity index (χ0) is 10.7. The van der Waals surface area contributed by atoms with E-state index in [1.165, 1.54) is 4.90 Å². The standard InChI is InChI=1S/C11H14O2S/c1-7-6-9(8(2)11(12)13)4-5-10(7)14-3/h4-6,8H,1-3H3,(H,12,13). The molecule has 0 fully saturated rings. The van der Waals surface area contributed by atoms with Crippen molar-refractivity contribution in [2.75, 3.05) is 6.26 Å². The quantitative estimate of drug-likeness (QED) is 0.779. The van der Waals surface area contributed by atoms with E-state index < -0.39 is 11.9 Å². The molecule has 0 bridgehead atoms. The van der Waals surface area contributed by atoms with Crippen LogP contribution < -0.4 is 0 Å². The second-order valence-electron chi connectivity index (χ2n) is 3.29. The molecule has 0 saturated carbocycles. The number of aryl methyl sites for hydroxylation is 1. The molecule has 1 N–H and O–H groups in total. The summed E-state index contributed by atoms with van der Waals surface area (Å²) in [7, 11) is 0. The van der Waals surface area contributed by atoms with Crippen LogP contribution in [0.25, 0.3) is 0 Å². The molecular weight excluding hydrogens is 196 g/mol. The number of carbonyl (C=O) groups is 1. The molecule has 0 aliphatic heterocycles. The molecule has 2 nitrogen and oxygen atoms in total. The van der Waals surface area contributed by atoms with E-state index in [1.807, 2.05) is 31.4 Å². The predicted octanol–water partition coefficient (Wildman–Crippen LogP) is 2.91. The summed E-state index contributed by atoms with van der Waals surface area (Å²) < 4.78 is 0. The van der Waals surface area contributed by atoms with Crippen LogP contribution in [0, 0.1) is 6.92 Å². The number of carboxylic acid groups (broad SMARTS) is 1. The molecule has 3 heteroatoms. The lowest BCUT2D eigenvalue weighted by Crippen LogP contribution is -2.07. The minimum absolute atomic E-state index is 0.426. The predicted molar refractivity (Wildman–Crippen MR) is 59.0 cm³/mol. The fourth-order valence-electron chi connectivity index (χ4n) is 1.31. The van der Waals surface area contributed by atoms with Crippen molar-refractivity contribution < 1.29 is 9.90 Å². The zero-order valence-electron chi connectivity index (χ0n) is 8.57. The Bertz CT molecular complexity index is 347. The van der Waals surface area contributed by atoms with E-state index >= 15 is 0 Å². The maximum absolute atomic E-state index is 10.8. The van der Waals surface area contributed by atoms with Gasteiger partial charge in [0.15, 0.2) is 0 Å². The average molecular weight is 210 g/mol. The van der Waals surface area contributed by atoms with Crippen LogP contribution in [0.4, 0.5) is 0 Å². The number of thioether (sulfide) groups is 1. The molecule has 0 aliphatic rings. The SMILES string of the molecule is CSc1ccc(C(C)C(=O)O)cc1C. The molecule has 0 heterocycles. The largest absolute Gasteiger partial charge is 0.481 e. The minimum Gasteiger partial charge on any atom is -0.481 e. The van der Waals surface area contributed by atoms with E-state index in [0.717, 1.165) is 11.1 Å². The Morgan fingerprint density at radius 2 is 2.14 bits per heavy atom. The first-order chi connectivity index (χ1) is 6.56. The summed E-state index contributed by atoms with van der Waals surface area (Å²) in [6, 6.07) is 5.82. The number of benzene rings is 1. The first-order valence-corrected chi connectivity index (χ1v) is 5.66. The van der Waals surface area contributed by atoms with Crippen molar-refractivity contribution in [3.8, 4) is 0 Å². The van der Waals surface area contributed by atoms with Gasteiger partial charge in [0.05, 0.1) is 5.92 Å². The highest BCUT2D eigenvalue weighted by Crippen LogP contribution is 2.24. The Balaban J connectivity index is 3.02. The maximum atomic E-state index is 10.8. The van der Waals surface area contributed by atoms with Gasteiger partial charge in [-0.1, -0.05) is 12.1 Å². The fourth-order valence-corrected chi connectivity index (χ4v) is 1.90. The number of aliphatic carboxylic acids is 1. The molecule has 1 rings (SSSR count). The van der Waals surface area contributed by atoms with Crippen molar-refractivity contribution in [3.05, 3.63) is 29.3 Å². The molecule has 76 valence electrons. The van der Waals surface area contributed by atoms with Crippen LogP contribution in [0.3, 0.4) is 0 Å². The molecular formula is C11H14O2S. The van der Waals surface area contributed by atoms with Crippen LogP contribution in [0.1, 0.15) is 24.0 Å². The molecule has 0 aromatic heterocycles. The van der Waals surface area contributed by atoms with Gasteiger partial charge in [-0.05, 0) is 37.3 Å². The summed E-state index contributed by atoms with van der Waals surface area (Å²) in [6.07, 6.45) is 2.02. The molecule has 0 amide bonds. The van der Waals surface area contributed by atoms with Gasteiger partial charge < -0.3 is 5.11 Å². The molecule has 0 spiro atoms. The molecule has 0 radical (unpaired) electrons. The Morgan fingerprint density at radius 3 is 2.57 bits per heavy atom. The monoisotopic (exact) mass is 210 g/mol. The lowest BCUT2D eigenvalue weighted by Gasteiger charge is -2.09. The Morgan fingerprint density at radius 1 is 1.50 bits per heavy atom. The second-order valence-corrected chi connectivity index (χ2v) is 4.14. The van der Waals surface area contributed by atoms with Gasteiger partial charge in [-0.25, -0.2) is 0 Å². The highest BCUT2D eigenvalue weighted by Gasteiger charge is 2.13. The number of rotatable bonds is 3. The highest BCUT2D eigenvalue weighted by atomic mass is 32.2. The molecule has 0 saturated heterocycles. The summed E-state index contributed by atoms with van der Waals surface area (Å²) in [5.41, 5.74) is 2.01. The van der Waals surface area contributed by atoms with Crippen molar-refractivity contribution >= 4 is 17.7 Å². The van der Waals surface area contributed by atoms with Gasteiger partial charge in [-0.3, -0.25) is 4.79 Å². The fraction of sp³-hybridized carbons (Fsp3) is 0.364. The minimum atomic E-state index is -0.777. The first-order valence-electron chi connectivity index (χ1n) is 4.43. The van der Waals surface area contributed by atoms with Crippen molar-refractivity contribution in [2.24, 2.45) is 0 Å². The lowest BCUT2D eigenvalue weighted by molar-refractivity contribution is -0.138. The van der Waals surface area contributed by atoms with Gasteiger partial charge >= 0.3 is 5.97 Å². The maximum Gasteiger partial charge on any atom is 0.310 e. The van der Waals surface area contributed by atoms with Gasteiger partial charge in [0.2, 0.25) is 0 Å². The van der Waals surface area contributed by atoms with Crippen molar-refractivity contribution in [2.45, 2.75) is 24.7 Å². The van der Waals surface area contributed by atoms with Crippen LogP contribution in [0.15, 0.2) is 23.1 Å². The molecule has 1 unspecified atom stereocenters. The molecule has 1 aromatic carbocycles. The van der Waals surface area contributed by atoms with Gasteiger partial charge in [0.1, 0.15) is 0 Å². The third-order valence-electron chi connectivity index (χ3n) is 2.29. The Kier molecular flexibility index (Phi) is 3.58. The smallest absolute Gasteiger partial charge is 0.310 e. The van der Waals surface area contributed by atoms with Gasteiger partial charge in [-0.15, -0.1) is 11.8 Å². The highest BCUT2D eigenvalue weighted by molar-refractivity contribution is 7.98. The van der Waals surface area contributed by atoms with Crippen molar-refractivity contribution in [1.29, 1.82) is 0 Å². The molecule has 1 atom stereocenters. The molecule has 1 aromatic rings. The summed E-state index contributed by atoms with van der Waals surface area (Å²) in [6.45, 7) is 3.71. The Hall–Kier alpha value is -0.960. The van der Waals surface area contributed by atoms with Gasteiger partial charge in [-0.2, -0.15) is 0 Å². The normalized spacial score (nSPS) is 12.5. The van der Waals surface area contributed by atoms with Crippen LogP contribution in [0.5, 0.6) is 0 Å². The number of carboxylic acids is 1. The number of hydrogen-bond donors (Lipinski definition) is 1. The average Bonchev–Trinajstić information content (AvgIpc) is 2.16. The topological polar surface area (TPSA) is 37.3 Å². The van der Waals surface area contributed by atoms with E-state index in [9.17, 15) is 4.79 Å². The van der Waals surface area contributed by atoms with E-state index in [-0.39, 0.29) is 0 Å². The summed E-state index contributed by atoms with van der Waals surface area (Å²) in [5.74, 6) is -1.20. The van der Waals surface area contributed by atoms with E-state index in [2.05, 4.69) is 0 Å².